The first-order valence-electron chi connectivity index (χ1n) is 8.66. The van der Waals surface area contributed by atoms with Gasteiger partial charge in [0, 0.05) is 11.2 Å². The lowest BCUT2D eigenvalue weighted by Gasteiger charge is -2.09. The average molecular weight is 448 g/mol. The molecule has 30 heavy (non-hydrogen) atoms. The van der Waals surface area contributed by atoms with Crippen molar-refractivity contribution in [3.05, 3.63) is 84.5 Å². The molecule has 3 rings (SSSR count). The zero-order valence-corrected chi connectivity index (χ0v) is 17.1. The van der Waals surface area contributed by atoms with E-state index < -0.39 is 23.1 Å². The van der Waals surface area contributed by atoms with Crippen LogP contribution in [0.25, 0.3) is 5.69 Å². The zero-order valence-electron chi connectivity index (χ0n) is 15.6. The smallest absolute Gasteiger partial charge is 0.339 e. The second-order valence-electron chi connectivity index (χ2n) is 5.95. The third-order valence-corrected chi connectivity index (χ3v) is 4.58. The molecule has 2 N–H and O–H groups in total. The molecule has 0 spiro atoms. The second-order valence-corrected chi connectivity index (χ2v) is 6.79. The molecule has 0 saturated carbocycles. The van der Waals surface area contributed by atoms with Crippen LogP contribution in [0.15, 0.2) is 57.0 Å². The Hall–Kier alpha value is -3.36. The van der Waals surface area contributed by atoms with Gasteiger partial charge >= 0.3 is 11.7 Å². The first-order valence-corrected chi connectivity index (χ1v) is 9.42. The maximum atomic E-state index is 12.2. The molecule has 1 aromatic heterocycles. The summed E-state index contributed by atoms with van der Waals surface area (Å²) < 4.78 is 5.84. The van der Waals surface area contributed by atoms with Crippen LogP contribution in [-0.4, -0.2) is 33.4 Å². The Morgan fingerprint density at radius 2 is 1.90 bits per heavy atom. The molecule has 154 valence electrons. The molecule has 10 heteroatoms. The van der Waals surface area contributed by atoms with E-state index in [0.29, 0.717) is 10.7 Å². The van der Waals surface area contributed by atoms with Gasteiger partial charge in [-0.3, -0.25) is 14.8 Å². The van der Waals surface area contributed by atoms with Crippen molar-refractivity contribution >= 4 is 41.1 Å². The minimum absolute atomic E-state index is 0.109. The Morgan fingerprint density at radius 3 is 2.57 bits per heavy atom. The lowest BCUT2D eigenvalue weighted by Crippen LogP contribution is -2.31. The Bertz CT molecular complexity index is 1250. The van der Waals surface area contributed by atoms with Crippen LogP contribution < -0.4 is 11.2 Å². The Labute approximate surface area is 180 Å². The summed E-state index contributed by atoms with van der Waals surface area (Å²) in [6.07, 6.45) is 1.08. The molecule has 0 atom stereocenters. The van der Waals surface area contributed by atoms with E-state index in [1.165, 1.54) is 42.5 Å². The highest BCUT2D eigenvalue weighted by atomic mass is 35.5. The molecule has 0 saturated heterocycles. The SMILES string of the molecule is CCOC(=O)c1cc(N=Cc2c(O)n(-c3ccc(Cl)cc3)c(=O)[nH]c2=O)ccc1Cl. The topological polar surface area (TPSA) is 114 Å². The third-order valence-electron chi connectivity index (χ3n) is 3.99. The molecular formula is C20H15Cl2N3O5. The molecule has 0 bridgehead atoms. The normalized spacial score (nSPS) is 11.0. The van der Waals surface area contributed by atoms with Crippen molar-refractivity contribution in [2.45, 2.75) is 6.92 Å². The summed E-state index contributed by atoms with van der Waals surface area (Å²) in [5.74, 6) is -1.22. The maximum absolute atomic E-state index is 12.2. The number of rotatable bonds is 5. The summed E-state index contributed by atoms with van der Waals surface area (Å²) in [6.45, 7) is 1.84. The fourth-order valence-electron chi connectivity index (χ4n) is 2.58. The molecule has 0 aliphatic carbocycles. The summed E-state index contributed by atoms with van der Waals surface area (Å²) in [5.41, 5.74) is -1.22. The van der Waals surface area contributed by atoms with Crippen LogP contribution in [0, 0.1) is 0 Å². The highest BCUT2D eigenvalue weighted by Gasteiger charge is 2.15. The number of halogens is 2. The van der Waals surface area contributed by atoms with E-state index >= 15 is 0 Å². The number of aromatic nitrogens is 2. The summed E-state index contributed by atoms with van der Waals surface area (Å²) in [4.78, 5) is 42.6. The molecule has 0 aliphatic heterocycles. The van der Waals surface area contributed by atoms with Gasteiger partial charge in [0.2, 0.25) is 5.88 Å². The number of benzene rings is 2. The van der Waals surface area contributed by atoms with Crippen molar-refractivity contribution in [1.29, 1.82) is 0 Å². The van der Waals surface area contributed by atoms with Crippen LogP contribution in [0.5, 0.6) is 5.88 Å². The van der Waals surface area contributed by atoms with Crippen LogP contribution in [0.3, 0.4) is 0 Å². The number of aromatic hydroxyl groups is 1. The standard InChI is InChI=1S/C20H15Cl2N3O5/c1-2-30-19(28)14-9-12(5-8-16(14)22)23-10-15-17(26)24-20(29)25(18(15)27)13-6-3-11(21)4-7-13/h3-10,27H,2H2,1H3,(H,24,26,29). The second kappa shape index (κ2) is 8.98. The molecular weight excluding hydrogens is 433 g/mol. The van der Waals surface area contributed by atoms with Crippen LogP contribution in [-0.2, 0) is 4.74 Å². The Balaban J connectivity index is 2.04. The van der Waals surface area contributed by atoms with Crippen LogP contribution >= 0.6 is 23.2 Å². The fraction of sp³-hybridized carbons (Fsp3) is 0.100. The van der Waals surface area contributed by atoms with Crippen LogP contribution in [0.2, 0.25) is 10.0 Å². The zero-order chi connectivity index (χ0) is 21.8. The van der Waals surface area contributed by atoms with E-state index in [-0.39, 0.29) is 28.4 Å². The van der Waals surface area contributed by atoms with E-state index in [4.69, 9.17) is 27.9 Å². The summed E-state index contributed by atoms with van der Waals surface area (Å²) >= 11 is 11.9. The summed E-state index contributed by atoms with van der Waals surface area (Å²) in [6, 6.07) is 10.4. The Morgan fingerprint density at radius 1 is 1.20 bits per heavy atom. The lowest BCUT2D eigenvalue weighted by molar-refractivity contribution is 0.0526. The minimum atomic E-state index is -0.828. The van der Waals surface area contributed by atoms with Gasteiger partial charge in [0.25, 0.3) is 5.56 Å². The van der Waals surface area contributed by atoms with E-state index in [0.717, 1.165) is 10.8 Å². The van der Waals surface area contributed by atoms with Crippen LogP contribution in [0.4, 0.5) is 5.69 Å². The number of carbonyl (C=O) groups excluding carboxylic acids is 1. The van der Waals surface area contributed by atoms with Gasteiger partial charge in [0.05, 0.1) is 28.6 Å². The van der Waals surface area contributed by atoms with Crippen molar-refractivity contribution in [3.8, 4) is 11.6 Å². The first-order chi connectivity index (χ1) is 14.3. The quantitative estimate of drug-likeness (QED) is 0.459. The van der Waals surface area contributed by atoms with Gasteiger partial charge < -0.3 is 9.84 Å². The van der Waals surface area contributed by atoms with E-state index in [1.54, 1.807) is 6.92 Å². The van der Waals surface area contributed by atoms with E-state index in [1.807, 2.05) is 0 Å². The highest BCUT2D eigenvalue weighted by Crippen LogP contribution is 2.24. The van der Waals surface area contributed by atoms with Gasteiger partial charge in [0.1, 0.15) is 5.56 Å². The van der Waals surface area contributed by atoms with Crippen molar-refractivity contribution in [2.75, 3.05) is 6.61 Å². The maximum Gasteiger partial charge on any atom is 0.339 e. The number of hydrogen-bond acceptors (Lipinski definition) is 6. The lowest BCUT2D eigenvalue weighted by atomic mass is 10.2. The molecule has 0 unspecified atom stereocenters. The van der Waals surface area contributed by atoms with Gasteiger partial charge in [-0.2, -0.15) is 0 Å². The first kappa shape index (κ1) is 21.4. The summed E-state index contributed by atoms with van der Waals surface area (Å²) in [7, 11) is 0. The van der Waals surface area contributed by atoms with Gasteiger partial charge in [-0.05, 0) is 49.4 Å². The van der Waals surface area contributed by atoms with Gasteiger partial charge in [-0.15, -0.1) is 0 Å². The number of hydrogen-bond donors (Lipinski definition) is 2. The average Bonchev–Trinajstić information content (AvgIpc) is 2.70. The van der Waals surface area contributed by atoms with Gasteiger partial charge in [0.15, 0.2) is 0 Å². The van der Waals surface area contributed by atoms with Crippen molar-refractivity contribution < 1.29 is 14.6 Å². The number of nitrogens with one attached hydrogen (secondary N) is 1. The monoisotopic (exact) mass is 447 g/mol. The minimum Gasteiger partial charge on any atom is -0.493 e. The number of H-pyrrole nitrogens is 1. The van der Waals surface area contributed by atoms with Crippen LogP contribution in [0.1, 0.15) is 22.8 Å². The predicted molar refractivity (Wildman–Crippen MR) is 114 cm³/mol. The third kappa shape index (κ3) is 4.45. The van der Waals surface area contributed by atoms with Gasteiger partial charge in [-0.25, -0.2) is 14.2 Å². The largest absolute Gasteiger partial charge is 0.493 e. The molecule has 2 aromatic carbocycles. The molecule has 0 fully saturated rings. The fourth-order valence-corrected chi connectivity index (χ4v) is 2.90. The van der Waals surface area contributed by atoms with E-state index in [2.05, 4.69) is 9.98 Å². The van der Waals surface area contributed by atoms with Gasteiger partial charge in [-0.1, -0.05) is 23.2 Å². The molecule has 0 aliphatic rings. The number of aliphatic imine (C=N–C) groups is 1. The van der Waals surface area contributed by atoms with E-state index in [9.17, 15) is 19.5 Å². The number of esters is 1. The van der Waals surface area contributed by atoms with Crippen molar-refractivity contribution in [1.82, 2.24) is 9.55 Å². The summed E-state index contributed by atoms with van der Waals surface area (Å²) in [5, 5.41) is 11.2. The Kier molecular flexibility index (Phi) is 6.39. The van der Waals surface area contributed by atoms with Crippen molar-refractivity contribution in [3.63, 3.8) is 0 Å². The molecule has 1 heterocycles. The molecule has 8 nitrogen and oxygen atoms in total. The van der Waals surface area contributed by atoms with Crippen molar-refractivity contribution in [2.24, 2.45) is 4.99 Å². The number of carbonyl (C=O) groups is 1. The predicted octanol–water partition coefficient (Wildman–Crippen LogP) is 3.47. The molecule has 0 amide bonds. The number of nitrogens with zero attached hydrogens (tertiary/aromatic N) is 2. The molecule has 0 radical (unpaired) electrons. The number of ether oxygens (including phenoxy) is 1. The highest BCUT2D eigenvalue weighted by molar-refractivity contribution is 6.33. The number of aromatic amines is 1. The molecule has 3 aromatic rings.